The van der Waals surface area contributed by atoms with Crippen LogP contribution in [0.1, 0.15) is 45.1 Å². The van der Waals surface area contributed by atoms with Gasteiger partial charge < -0.3 is 20.7 Å². The zero-order valence-corrected chi connectivity index (χ0v) is 15.4. The number of aryl methyl sites for hydroxylation is 1. The van der Waals surface area contributed by atoms with E-state index < -0.39 is 0 Å². The molecule has 1 aliphatic rings. The van der Waals surface area contributed by atoms with Crippen molar-refractivity contribution in [1.82, 2.24) is 5.32 Å². The molecule has 2 rings (SSSR count). The molecular formula is C19H29N3O3. The average Bonchev–Trinajstić information content (AvgIpc) is 2.56. The highest BCUT2D eigenvalue weighted by atomic mass is 16.5. The summed E-state index contributed by atoms with van der Waals surface area (Å²) in [7, 11) is 0. The molecule has 1 aromatic carbocycles. The van der Waals surface area contributed by atoms with E-state index in [1.807, 2.05) is 13.0 Å². The fourth-order valence-corrected chi connectivity index (χ4v) is 3.10. The lowest BCUT2D eigenvalue weighted by Crippen LogP contribution is -2.34. The van der Waals surface area contributed by atoms with E-state index in [0.717, 1.165) is 12.0 Å². The fourth-order valence-electron chi connectivity index (χ4n) is 3.10. The topological polar surface area (TPSA) is 79.5 Å². The number of hydrogen-bond donors (Lipinski definition) is 3. The zero-order valence-electron chi connectivity index (χ0n) is 15.4. The molecule has 2 atom stereocenters. The largest absolute Gasteiger partial charge is 0.376 e. The molecule has 1 aliphatic carbocycles. The molecule has 3 N–H and O–H groups in total. The summed E-state index contributed by atoms with van der Waals surface area (Å²) >= 11 is 0. The maximum absolute atomic E-state index is 12.0. The number of anilines is 2. The Morgan fingerprint density at radius 2 is 1.96 bits per heavy atom. The predicted octanol–water partition coefficient (Wildman–Crippen LogP) is 3.67. The highest BCUT2D eigenvalue weighted by Crippen LogP contribution is 2.26. The Morgan fingerprint density at radius 1 is 1.20 bits per heavy atom. The molecule has 1 saturated carbocycles. The van der Waals surface area contributed by atoms with Crippen LogP contribution in [0.3, 0.4) is 0 Å². The highest BCUT2D eigenvalue weighted by molar-refractivity contribution is 5.93. The van der Waals surface area contributed by atoms with Crippen LogP contribution in [0.5, 0.6) is 0 Å². The van der Waals surface area contributed by atoms with Gasteiger partial charge in [0, 0.05) is 24.8 Å². The van der Waals surface area contributed by atoms with E-state index in [0.29, 0.717) is 36.5 Å². The summed E-state index contributed by atoms with van der Waals surface area (Å²) in [5, 5.41) is 8.32. The molecule has 0 bridgehead atoms. The molecule has 0 aliphatic heterocycles. The first kappa shape index (κ1) is 19.2. The van der Waals surface area contributed by atoms with Crippen molar-refractivity contribution in [3.8, 4) is 0 Å². The first-order valence-electron chi connectivity index (χ1n) is 9.00. The van der Waals surface area contributed by atoms with Gasteiger partial charge in [-0.15, -0.1) is 0 Å². The van der Waals surface area contributed by atoms with E-state index in [-0.39, 0.29) is 11.9 Å². The second-order valence-corrected chi connectivity index (χ2v) is 6.76. The number of nitrogens with one attached hydrogen (secondary N) is 3. The first-order valence-corrected chi connectivity index (χ1v) is 9.00. The van der Waals surface area contributed by atoms with Crippen LogP contribution < -0.4 is 16.0 Å². The lowest BCUT2D eigenvalue weighted by atomic mass is 9.88. The minimum absolute atomic E-state index is 0.140. The molecule has 138 valence electrons. The SMILES string of the molecule is CC(=O)Nc1cc(NC(=O)NCCOC2CCCCC2C)ccc1C. The minimum Gasteiger partial charge on any atom is -0.376 e. The Hall–Kier alpha value is -2.08. The van der Waals surface area contributed by atoms with Crippen molar-refractivity contribution in [2.24, 2.45) is 5.92 Å². The third kappa shape index (κ3) is 6.38. The van der Waals surface area contributed by atoms with Crippen molar-refractivity contribution in [2.75, 3.05) is 23.8 Å². The molecule has 2 unspecified atom stereocenters. The Bertz CT molecular complexity index is 604. The smallest absolute Gasteiger partial charge is 0.319 e. The van der Waals surface area contributed by atoms with Gasteiger partial charge in [0.1, 0.15) is 0 Å². The maximum atomic E-state index is 12.0. The quantitative estimate of drug-likeness (QED) is 0.687. The molecule has 3 amide bonds. The molecule has 6 heteroatoms. The molecule has 0 spiro atoms. The summed E-state index contributed by atoms with van der Waals surface area (Å²) in [5.41, 5.74) is 2.27. The molecule has 0 heterocycles. The Morgan fingerprint density at radius 3 is 2.68 bits per heavy atom. The normalized spacial score (nSPS) is 20.0. The number of rotatable bonds is 6. The van der Waals surface area contributed by atoms with E-state index in [2.05, 4.69) is 22.9 Å². The summed E-state index contributed by atoms with van der Waals surface area (Å²) in [4.78, 5) is 23.2. The van der Waals surface area contributed by atoms with Crippen LogP contribution in [-0.2, 0) is 9.53 Å². The number of ether oxygens (including phenoxy) is 1. The number of benzene rings is 1. The number of carbonyl (C=O) groups excluding carboxylic acids is 2. The summed E-state index contributed by atoms with van der Waals surface area (Å²) in [5.74, 6) is 0.459. The summed E-state index contributed by atoms with van der Waals surface area (Å²) in [6.07, 6.45) is 5.17. The molecule has 0 aromatic heterocycles. The van der Waals surface area contributed by atoms with Crippen LogP contribution >= 0.6 is 0 Å². The average molecular weight is 347 g/mol. The van der Waals surface area contributed by atoms with Gasteiger partial charge in [0.2, 0.25) is 5.91 Å². The van der Waals surface area contributed by atoms with Gasteiger partial charge in [-0.1, -0.05) is 25.8 Å². The fraction of sp³-hybridized carbons (Fsp3) is 0.579. The van der Waals surface area contributed by atoms with Gasteiger partial charge in [-0.25, -0.2) is 4.79 Å². The van der Waals surface area contributed by atoms with Crippen molar-refractivity contribution in [1.29, 1.82) is 0 Å². The van der Waals surface area contributed by atoms with Crippen LogP contribution in [0.2, 0.25) is 0 Å². The van der Waals surface area contributed by atoms with Crippen LogP contribution in [0, 0.1) is 12.8 Å². The summed E-state index contributed by atoms with van der Waals surface area (Å²) < 4.78 is 5.88. The van der Waals surface area contributed by atoms with Gasteiger partial charge in [0.05, 0.1) is 12.7 Å². The van der Waals surface area contributed by atoms with Gasteiger partial charge in [-0.05, 0) is 43.4 Å². The van der Waals surface area contributed by atoms with Crippen molar-refractivity contribution in [2.45, 2.75) is 52.6 Å². The Labute approximate surface area is 149 Å². The van der Waals surface area contributed by atoms with Crippen molar-refractivity contribution < 1.29 is 14.3 Å². The van der Waals surface area contributed by atoms with Gasteiger partial charge in [0.15, 0.2) is 0 Å². The van der Waals surface area contributed by atoms with Gasteiger partial charge in [-0.3, -0.25) is 4.79 Å². The minimum atomic E-state index is -0.280. The highest BCUT2D eigenvalue weighted by Gasteiger charge is 2.21. The standard InChI is InChI=1S/C19H29N3O3/c1-13-8-9-16(12-17(13)21-15(3)23)22-19(24)20-10-11-25-18-7-5-4-6-14(18)2/h8-9,12,14,18H,4-7,10-11H2,1-3H3,(H,21,23)(H2,20,22,24). The van der Waals surface area contributed by atoms with Crippen LogP contribution in [0.15, 0.2) is 18.2 Å². The molecule has 1 aromatic rings. The first-order chi connectivity index (χ1) is 12.0. The molecule has 0 saturated heterocycles. The number of amides is 3. The van der Waals surface area contributed by atoms with Crippen molar-refractivity contribution in [3.05, 3.63) is 23.8 Å². The number of urea groups is 1. The Kier molecular flexibility index (Phi) is 7.25. The summed E-state index contributed by atoms with van der Waals surface area (Å²) in [6.45, 7) is 6.58. The second kappa shape index (κ2) is 9.42. The van der Waals surface area contributed by atoms with Gasteiger partial charge in [-0.2, -0.15) is 0 Å². The van der Waals surface area contributed by atoms with Crippen molar-refractivity contribution in [3.63, 3.8) is 0 Å². The summed E-state index contributed by atoms with van der Waals surface area (Å²) in [6, 6.07) is 5.13. The number of hydrogen-bond acceptors (Lipinski definition) is 3. The molecule has 6 nitrogen and oxygen atoms in total. The monoisotopic (exact) mass is 347 g/mol. The van der Waals surface area contributed by atoms with Crippen LogP contribution in [0.4, 0.5) is 16.2 Å². The number of carbonyl (C=O) groups is 2. The maximum Gasteiger partial charge on any atom is 0.319 e. The third-order valence-corrected chi connectivity index (χ3v) is 4.56. The predicted molar refractivity (Wildman–Crippen MR) is 99.9 cm³/mol. The molecular weight excluding hydrogens is 318 g/mol. The lowest BCUT2D eigenvalue weighted by Gasteiger charge is -2.28. The zero-order chi connectivity index (χ0) is 18.2. The second-order valence-electron chi connectivity index (χ2n) is 6.76. The van der Waals surface area contributed by atoms with E-state index in [1.165, 1.54) is 26.2 Å². The van der Waals surface area contributed by atoms with E-state index >= 15 is 0 Å². The third-order valence-electron chi connectivity index (χ3n) is 4.56. The Balaban J connectivity index is 1.73. The van der Waals surface area contributed by atoms with Crippen molar-refractivity contribution >= 4 is 23.3 Å². The van der Waals surface area contributed by atoms with Gasteiger partial charge in [0.25, 0.3) is 0 Å². The van der Waals surface area contributed by atoms with Crippen LogP contribution in [-0.4, -0.2) is 31.2 Å². The molecule has 0 radical (unpaired) electrons. The van der Waals surface area contributed by atoms with Crippen LogP contribution in [0.25, 0.3) is 0 Å². The molecule has 1 fully saturated rings. The van der Waals surface area contributed by atoms with E-state index in [4.69, 9.17) is 4.74 Å². The lowest BCUT2D eigenvalue weighted by molar-refractivity contribution is -0.114. The van der Waals surface area contributed by atoms with E-state index in [1.54, 1.807) is 12.1 Å². The van der Waals surface area contributed by atoms with Gasteiger partial charge >= 0.3 is 6.03 Å². The molecule has 25 heavy (non-hydrogen) atoms. The van der Waals surface area contributed by atoms with E-state index in [9.17, 15) is 9.59 Å².